The lowest BCUT2D eigenvalue weighted by atomic mass is 9.63. The number of benzene rings is 7. The Morgan fingerprint density at radius 1 is 0.400 bits per heavy atom. The van der Waals surface area contributed by atoms with E-state index < -0.39 is 5.41 Å². The average Bonchev–Trinajstić information content (AvgIpc) is 3.04. The van der Waals surface area contributed by atoms with Gasteiger partial charge in [-0.05, 0) is 62.0 Å². The fraction of sp³-hybridized carbons (Fsp3) is 0.0256. The van der Waals surface area contributed by atoms with Crippen LogP contribution in [0.25, 0.3) is 32.7 Å². The van der Waals surface area contributed by atoms with E-state index in [2.05, 4.69) is 158 Å². The van der Waals surface area contributed by atoms with Gasteiger partial charge in [-0.3, -0.25) is 0 Å². The zero-order valence-corrected chi connectivity index (χ0v) is 21.9. The van der Waals surface area contributed by atoms with Crippen molar-refractivity contribution in [3.63, 3.8) is 0 Å². The number of ether oxygens (including phenoxy) is 1. The molecule has 7 aromatic carbocycles. The number of hydrogen-bond acceptors (Lipinski definition) is 1. The molecule has 0 aliphatic carbocycles. The molecule has 0 atom stereocenters. The van der Waals surface area contributed by atoms with Crippen molar-refractivity contribution in [2.45, 2.75) is 5.41 Å². The Labute approximate surface area is 233 Å². The van der Waals surface area contributed by atoms with Gasteiger partial charge < -0.3 is 4.74 Å². The molecule has 1 aliphatic rings. The first-order chi connectivity index (χ1) is 19.8. The maximum Gasteiger partial charge on any atom is 0.132 e. The molecule has 8 rings (SSSR count). The summed E-state index contributed by atoms with van der Waals surface area (Å²) in [7, 11) is 0. The van der Waals surface area contributed by atoms with E-state index in [-0.39, 0.29) is 0 Å². The molecule has 0 unspecified atom stereocenters. The molecule has 0 amide bonds. The molecule has 0 spiro atoms. The van der Waals surface area contributed by atoms with E-state index in [9.17, 15) is 0 Å². The Hall–Kier alpha value is -5.14. The minimum Gasteiger partial charge on any atom is -0.457 e. The van der Waals surface area contributed by atoms with Gasteiger partial charge >= 0.3 is 0 Å². The molecule has 1 nitrogen and oxygen atoms in total. The van der Waals surface area contributed by atoms with Gasteiger partial charge in [-0.25, -0.2) is 0 Å². The van der Waals surface area contributed by atoms with Crippen LogP contribution in [0.2, 0.25) is 0 Å². The molecular weight excluding hydrogens is 484 g/mol. The first-order valence-electron chi connectivity index (χ1n) is 13.8. The van der Waals surface area contributed by atoms with E-state index in [0.29, 0.717) is 0 Å². The van der Waals surface area contributed by atoms with Crippen molar-refractivity contribution in [1.29, 1.82) is 0 Å². The molecule has 1 heteroatoms. The van der Waals surface area contributed by atoms with Crippen molar-refractivity contribution in [1.82, 2.24) is 0 Å². The summed E-state index contributed by atoms with van der Waals surface area (Å²) in [5.74, 6) is 1.78. The SMILES string of the molecule is c1ccc(C2(c3ccccc3)c3ccccc3Oc3cc(-c4cc5ccccc5c5ccccc45)ccc32)cc1. The molecule has 7 aromatic rings. The highest BCUT2D eigenvalue weighted by Gasteiger charge is 2.45. The van der Waals surface area contributed by atoms with Crippen molar-refractivity contribution >= 4 is 21.5 Å². The molecule has 1 aliphatic heterocycles. The van der Waals surface area contributed by atoms with Crippen LogP contribution in [0.4, 0.5) is 0 Å². The van der Waals surface area contributed by atoms with Crippen LogP contribution in [0, 0.1) is 0 Å². The number of hydrogen-bond donors (Lipinski definition) is 0. The second-order valence-electron chi connectivity index (χ2n) is 10.5. The van der Waals surface area contributed by atoms with E-state index in [1.165, 1.54) is 38.2 Å². The van der Waals surface area contributed by atoms with Gasteiger partial charge in [-0.15, -0.1) is 0 Å². The lowest BCUT2D eigenvalue weighted by molar-refractivity contribution is 0.435. The summed E-state index contributed by atoms with van der Waals surface area (Å²) < 4.78 is 6.74. The topological polar surface area (TPSA) is 9.23 Å². The molecular formula is C39H26O. The Morgan fingerprint density at radius 2 is 0.975 bits per heavy atom. The van der Waals surface area contributed by atoms with Crippen molar-refractivity contribution in [3.8, 4) is 22.6 Å². The molecule has 0 saturated carbocycles. The summed E-state index contributed by atoms with van der Waals surface area (Å²) in [6, 6.07) is 56.6. The first-order valence-corrected chi connectivity index (χ1v) is 13.8. The van der Waals surface area contributed by atoms with Gasteiger partial charge in [-0.1, -0.05) is 140 Å². The third-order valence-corrected chi connectivity index (χ3v) is 8.39. The largest absolute Gasteiger partial charge is 0.457 e. The quantitative estimate of drug-likeness (QED) is 0.215. The number of rotatable bonds is 3. The molecule has 0 radical (unpaired) electrons. The van der Waals surface area contributed by atoms with Crippen LogP contribution in [0.1, 0.15) is 22.3 Å². The first kappa shape index (κ1) is 22.8. The molecule has 1 heterocycles. The van der Waals surface area contributed by atoms with Gasteiger partial charge in [0, 0.05) is 11.1 Å². The fourth-order valence-electron chi connectivity index (χ4n) is 6.67. The number of fused-ring (bicyclic) bond motifs is 5. The maximum atomic E-state index is 6.74. The van der Waals surface area contributed by atoms with Crippen molar-refractivity contribution in [2.75, 3.05) is 0 Å². The molecule has 0 bridgehead atoms. The van der Waals surface area contributed by atoms with Crippen LogP contribution in [0.5, 0.6) is 11.5 Å². The zero-order valence-electron chi connectivity index (χ0n) is 21.9. The summed E-state index contributed by atoms with van der Waals surface area (Å²) >= 11 is 0. The van der Waals surface area contributed by atoms with Gasteiger partial charge in [0.25, 0.3) is 0 Å². The van der Waals surface area contributed by atoms with Crippen LogP contribution >= 0.6 is 0 Å². The molecule has 188 valence electrons. The second kappa shape index (κ2) is 8.97. The van der Waals surface area contributed by atoms with Gasteiger partial charge in [0.1, 0.15) is 11.5 Å². The van der Waals surface area contributed by atoms with Crippen LogP contribution in [0.15, 0.2) is 158 Å². The van der Waals surface area contributed by atoms with E-state index in [1.54, 1.807) is 0 Å². The summed E-state index contributed by atoms with van der Waals surface area (Å²) in [6.07, 6.45) is 0. The van der Waals surface area contributed by atoms with Crippen LogP contribution in [0.3, 0.4) is 0 Å². The molecule has 0 aromatic heterocycles. The van der Waals surface area contributed by atoms with E-state index in [0.717, 1.165) is 28.2 Å². The highest BCUT2D eigenvalue weighted by Crippen LogP contribution is 2.55. The predicted octanol–water partition coefficient (Wildman–Crippen LogP) is 10.1. The van der Waals surface area contributed by atoms with Crippen LogP contribution < -0.4 is 4.74 Å². The average molecular weight is 511 g/mol. The Morgan fingerprint density at radius 3 is 1.73 bits per heavy atom. The normalized spacial score (nSPS) is 13.4. The van der Waals surface area contributed by atoms with Crippen molar-refractivity contribution in [3.05, 3.63) is 180 Å². The Bertz CT molecular complexity index is 1980. The maximum absolute atomic E-state index is 6.74. The molecule has 0 N–H and O–H groups in total. The standard InChI is InChI=1S/C39H26O/c1-3-14-29(15-4-1)39(30-16-5-2-6-17-30)35-21-11-12-22-37(35)40-38-26-28(23-24-36(38)39)34-25-27-13-7-8-18-31(27)32-19-9-10-20-33(32)34/h1-26H. The zero-order chi connectivity index (χ0) is 26.5. The third kappa shape index (κ3) is 3.28. The van der Waals surface area contributed by atoms with Gasteiger partial charge in [0.2, 0.25) is 0 Å². The monoisotopic (exact) mass is 510 g/mol. The summed E-state index contributed by atoms with van der Waals surface area (Å²) in [5, 5.41) is 5.03. The molecule has 40 heavy (non-hydrogen) atoms. The van der Waals surface area contributed by atoms with Crippen molar-refractivity contribution < 1.29 is 4.74 Å². The lowest BCUT2D eigenvalue weighted by Gasteiger charge is -2.41. The number of para-hydroxylation sites is 1. The van der Waals surface area contributed by atoms with Gasteiger partial charge in [-0.2, -0.15) is 0 Å². The minimum absolute atomic E-state index is 0.503. The minimum atomic E-state index is -0.503. The van der Waals surface area contributed by atoms with E-state index in [4.69, 9.17) is 4.74 Å². The fourth-order valence-corrected chi connectivity index (χ4v) is 6.67. The smallest absolute Gasteiger partial charge is 0.132 e. The van der Waals surface area contributed by atoms with Gasteiger partial charge in [0.05, 0.1) is 5.41 Å². The summed E-state index contributed by atoms with van der Waals surface area (Å²) in [4.78, 5) is 0. The highest BCUT2D eigenvalue weighted by molar-refractivity contribution is 6.13. The predicted molar refractivity (Wildman–Crippen MR) is 165 cm³/mol. The van der Waals surface area contributed by atoms with E-state index in [1.807, 2.05) is 0 Å². The van der Waals surface area contributed by atoms with Crippen molar-refractivity contribution in [2.24, 2.45) is 0 Å². The summed E-state index contributed by atoms with van der Waals surface area (Å²) in [6.45, 7) is 0. The summed E-state index contributed by atoms with van der Waals surface area (Å²) in [5.41, 5.74) is 6.61. The third-order valence-electron chi connectivity index (χ3n) is 8.39. The highest BCUT2D eigenvalue weighted by atomic mass is 16.5. The Kier molecular flexibility index (Phi) is 5.11. The van der Waals surface area contributed by atoms with Crippen LogP contribution in [-0.4, -0.2) is 0 Å². The molecule has 0 fully saturated rings. The molecule has 0 saturated heterocycles. The van der Waals surface area contributed by atoms with Crippen LogP contribution in [-0.2, 0) is 5.41 Å². The Balaban J connectivity index is 1.44. The second-order valence-corrected chi connectivity index (χ2v) is 10.5. The van der Waals surface area contributed by atoms with E-state index >= 15 is 0 Å². The lowest BCUT2D eigenvalue weighted by Crippen LogP contribution is -2.34. The van der Waals surface area contributed by atoms with Gasteiger partial charge in [0.15, 0.2) is 0 Å².